The van der Waals surface area contributed by atoms with E-state index in [0.29, 0.717) is 5.75 Å². The third-order valence-corrected chi connectivity index (χ3v) is 6.48. The standard InChI is InChI=1S/C17H24N4O5S2/c22-12-5-11-3-1-2-4-27-28-10-13(17(26)20-8-15(24)18-7-12)21-16(25)9-19-14(23)6-11/h1,3,11,13H,2,4-10H2,(H,18,24)(H,19,23)(H,20,26)(H,21,25)/b3-1-. The lowest BCUT2D eigenvalue weighted by Gasteiger charge is -2.19. The van der Waals surface area contributed by atoms with Crippen molar-refractivity contribution in [3.8, 4) is 0 Å². The molecular formula is C17H24N4O5S2. The van der Waals surface area contributed by atoms with E-state index in [2.05, 4.69) is 21.3 Å². The lowest BCUT2D eigenvalue weighted by atomic mass is 9.97. The van der Waals surface area contributed by atoms with Gasteiger partial charge in [0.1, 0.15) is 6.04 Å². The van der Waals surface area contributed by atoms with Crippen LogP contribution in [0.5, 0.6) is 0 Å². The van der Waals surface area contributed by atoms with Gasteiger partial charge >= 0.3 is 0 Å². The Morgan fingerprint density at radius 3 is 2.39 bits per heavy atom. The SMILES string of the molecule is O=C1CNC(=O)CNC(=O)C2CSSCC/C=C\C(C1)CC(=O)NCC(=O)N2. The number of nitrogens with one attached hydrogen (secondary N) is 4. The minimum Gasteiger partial charge on any atom is -0.347 e. The van der Waals surface area contributed by atoms with Crippen LogP contribution in [0.25, 0.3) is 0 Å². The zero-order chi connectivity index (χ0) is 20.4. The summed E-state index contributed by atoms with van der Waals surface area (Å²) in [7, 11) is 3.01. The molecule has 0 aromatic rings. The topological polar surface area (TPSA) is 133 Å². The average Bonchev–Trinajstić information content (AvgIpc) is 2.66. The summed E-state index contributed by atoms with van der Waals surface area (Å²) < 4.78 is 0. The average molecular weight is 429 g/mol. The summed E-state index contributed by atoms with van der Waals surface area (Å²) in [5.41, 5.74) is 0. The van der Waals surface area contributed by atoms with Gasteiger partial charge in [-0.15, -0.1) is 0 Å². The number of hydrogen-bond donors (Lipinski definition) is 4. The van der Waals surface area contributed by atoms with Crippen LogP contribution in [-0.4, -0.2) is 66.6 Å². The second-order valence-corrected chi connectivity index (χ2v) is 9.05. The first-order chi connectivity index (χ1) is 13.4. The van der Waals surface area contributed by atoms with Crippen molar-refractivity contribution in [1.29, 1.82) is 0 Å². The number of amides is 4. The Balaban J connectivity index is 2.23. The first kappa shape index (κ1) is 22.3. The van der Waals surface area contributed by atoms with Gasteiger partial charge in [0.05, 0.1) is 19.6 Å². The quantitative estimate of drug-likeness (QED) is 0.291. The Morgan fingerprint density at radius 2 is 1.57 bits per heavy atom. The molecule has 2 rings (SSSR count). The fourth-order valence-electron chi connectivity index (χ4n) is 2.62. The van der Waals surface area contributed by atoms with Crippen molar-refractivity contribution in [3.63, 3.8) is 0 Å². The first-order valence-electron chi connectivity index (χ1n) is 8.97. The predicted octanol–water partition coefficient (Wildman–Crippen LogP) is -0.860. The van der Waals surface area contributed by atoms with Crippen molar-refractivity contribution in [1.82, 2.24) is 21.3 Å². The minimum atomic E-state index is -0.836. The highest BCUT2D eigenvalue weighted by molar-refractivity contribution is 8.76. The van der Waals surface area contributed by atoms with Gasteiger partial charge in [0.2, 0.25) is 23.6 Å². The number of hydrogen-bond acceptors (Lipinski definition) is 7. The van der Waals surface area contributed by atoms with E-state index in [1.807, 2.05) is 12.2 Å². The van der Waals surface area contributed by atoms with E-state index in [4.69, 9.17) is 0 Å². The normalized spacial score (nSPS) is 27.6. The number of fused-ring (bicyclic) bond motifs is 7. The van der Waals surface area contributed by atoms with Crippen molar-refractivity contribution in [2.45, 2.75) is 25.3 Å². The molecule has 2 aliphatic heterocycles. The van der Waals surface area contributed by atoms with E-state index >= 15 is 0 Å². The van der Waals surface area contributed by atoms with E-state index in [1.54, 1.807) is 10.8 Å². The summed E-state index contributed by atoms with van der Waals surface area (Å²) in [5.74, 6) is -1.24. The largest absolute Gasteiger partial charge is 0.347 e. The zero-order valence-corrected chi connectivity index (χ0v) is 17.0. The maximum Gasteiger partial charge on any atom is 0.243 e. The van der Waals surface area contributed by atoms with E-state index < -0.39 is 23.8 Å². The van der Waals surface area contributed by atoms with E-state index in [0.717, 1.165) is 12.2 Å². The number of carbonyl (C=O) groups excluding carboxylic acids is 5. The minimum absolute atomic E-state index is 0.0648. The molecule has 0 aliphatic carbocycles. The van der Waals surface area contributed by atoms with Crippen LogP contribution in [0.4, 0.5) is 0 Å². The van der Waals surface area contributed by atoms with Gasteiger partial charge in [-0.3, -0.25) is 24.0 Å². The number of allylic oxidation sites excluding steroid dienone is 2. The molecule has 154 valence electrons. The Morgan fingerprint density at radius 1 is 0.821 bits per heavy atom. The maximum atomic E-state index is 12.4. The van der Waals surface area contributed by atoms with Crippen molar-refractivity contribution in [2.24, 2.45) is 5.92 Å². The summed E-state index contributed by atoms with van der Waals surface area (Å²) in [6, 6.07) is -0.836. The van der Waals surface area contributed by atoms with Gasteiger partial charge in [-0.2, -0.15) is 0 Å². The second-order valence-electron chi connectivity index (χ2n) is 6.42. The van der Waals surface area contributed by atoms with Crippen LogP contribution < -0.4 is 21.3 Å². The summed E-state index contributed by atoms with van der Waals surface area (Å²) in [6.07, 6.45) is 4.70. The molecule has 28 heavy (non-hydrogen) atoms. The molecule has 0 spiro atoms. The molecule has 2 atom stereocenters. The molecular weight excluding hydrogens is 404 g/mol. The molecule has 0 radical (unpaired) electrons. The molecule has 0 aromatic carbocycles. The first-order valence-corrected chi connectivity index (χ1v) is 11.5. The van der Waals surface area contributed by atoms with Crippen LogP contribution in [-0.2, 0) is 24.0 Å². The van der Waals surface area contributed by atoms with Crippen LogP contribution in [0.15, 0.2) is 12.2 Å². The van der Waals surface area contributed by atoms with Gasteiger partial charge in [0, 0.05) is 24.3 Å². The van der Waals surface area contributed by atoms with E-state index in [9.17, 15) is 24.0 Å². The molecule has 9 nitrogen and oxygen atoms in total. The monoisotopic (exact) mass is 428 g/mol. The molecule has 0 saturated carbocycles. The lowest BCUT2D eigenvalue weighted by Crippen LogP contribution is -2.52. The predicted molar refractivity (Wildman–Crippen MR) is 107 cm³/mol. The van der Waals surface area contributed by atoms with Crippen LogP contribution >= 0.6 is 21.6 Å². The highest BCUT2D eigenvalue weighted by Crippen LogP contribution is 2.23. The number of Topliss-reactive ketones (excluding diaryl/α,β-unsaturated/α-hetero) is 1. The molecule has 1 fully saturated rings. The third kappa shape index (κ3) is 8.34. The summed E-state index contributed by atoms with van der Waals surface area (Å²) in [4.78, 5) is 60.7. The van der Waals surface area contributed by atoms with Gasteiger partial charge in [0.25, 0.3) is 0 Å². The Hall–Kier alpha value is -2.01. The number of ketones is 1. The summed E-state index contributed by atoms with van der Waals surface area (Å²) >= 11 is 0. The maximum absolute atomic E-state index is 12.4. The molecule has 2 aliphatic rings. The van der Waals surface area contributed by atoms with Crippen molar-refractivity contribution in [3.05, 3.63) is 12.2 Å². The fraction of sp³-hybridized carbons (Fsp3) is 0.588. The van der Waals surface area contributed by atoms with Crippen molar-refractivity contribution >= 4 is 51.0 Å². The molecule has 4 N–H and O–H groups in total. The molecule has 0 aromatic heterocycles. The molecule has 2 bridgehead atoms. The molecule has 4 amide bonds. The summed E-state index contributed by atoms with van der Waals surface area (Å²) in [5, 5.41) is 10.1. The highest BCUT2D eigenvalue weighted by atomic mass is 33.1. The Kier molecular flexibility index (Phi) is 9.35. The van der Waals surface area contributed by atoms with Gasteiger partial charge in [-0.25, -0.2) is 0 Å². The van der Waals surface area contributed by atoms with E-state index in [1.165, 1.54) is 10.8 Å². The van der Waals surface area contributed by atoms with Crippen LogP contribution in [0.1, 0.15) is 19.3 Å². The van der Waals surface area contributed by atoms with Gasteiger partial charge < -0.3 is 21.3 Å². The molecule has 11 heteroatoms. The Bertz CT molecular complexity index is 655. The van der Waals surface area contributed by atoms with Crippen molar-refractivity contribution in [2.75, 3.05) is 31.1 Å². The molecule has 2 heterocycles. The van der Waals surface area contributed by atoms with Gasteiger partial charge in [0.15, 0.2) is 5.78 Å². The lowest BCUT2D eigenvalue weighted by molar-refractivity contribution is -0.131. The third-order valence-electron chi connectivity index (χ3n) is 4.04. The van der Waals surface area contributed by atoms with Gasteiger partial charge in [-0.1, -0.05) is 33.7 Å². The molecule has 1 saturated heterocycles. The van der Waals surface area contributed by atoms with Crippen molar-refractivity contribution < 1.29 is 24.0 Å². The number of rotatable bonds is 0. The van der Waals surface area contributed by atoms with E-state index in [-0.39, 0.29) is 50.1 Å². The Labute approximate surface area is 171 Å². The second kappa shape index (κ2) is 11.7. The number of carbonyl (C=O) groups is 5. The van der Waals surface area contributed by atoms with Crippen LogP contribution in [0, 0.1) is 5.92 Å². The molecule has 2 unspecified atom stereocenters. The van der Waals surface area contributed by atoms with Crippen LogP contribution in [0.3, 0.4) is 0 Å². The van der Waals surface area contributed by atoms with Crippen LogP contribution in [0.2, 0.25) is 0 Å². The van der Waals surface area contributed by atoms with Gasteiger partial charge in [-0.05, 0) is 12.3 Å². The highest BCUT2D eigenvalue weighted by Gasteiger charge is 2.23. The smallest absolute Gasteiger partial charge is 0.243 e. The fourth-order valence-corrected chi connectivity index (χ4v) is 4.78. The summed E-state index contributed by atoms with van der Waals surface area (Å²) in [6.45, 7) is -0.700. The zero-order valence-electron chi connectivity index (χ0n) is 15.3.